The summed E-state index contributed by atoms with van der Waals surface area (Å²) in [7, 11) is 0. The van der Waals surface area contributed by atoms with Crippen LogP contribution in [0.1, 0.15) is 5.56 Å². The molecule has 0 saturated carbocycles. The van der Waals surface area contributed by atoms with Crippen LogP contribution >= 0.6 is 15.9 Å². The van der Waals surface area contributed by atoms with Gasteiger partial charge in [-0.25, -0.2) is 4.98 Å². The Labute approximate surface area is 97.9 Å². The first-order valence-corrected chi connectivity index (χ1v) is 5.14. The van der Waals surface area contributed by atoms with Gasteiger partial charge in [0.15, 0.2) is 0 Å². The normalized spacial score (nSPS) is 11.8. The Morgan fingerprint density at radius 2 is 2.00 bits per heavy atom. The summed E-state index contributed by atoms with van der Waals surface area (Å²) in [5, 5.41) is 0. The van der Waals surface area contributed by atoms with Gasteiger partial charge in [-0.15, -0.1) is 0 Å². The Morgan fingerprint density at radius 3 is 2.56 bits per heavy atom. The maximum Gasteiger partial charge on any atom is 0.419 e. The first-order valence-electron chi connectivity index (χ1n) is 4.34. The first-order chi connectivity index (χ1) is 7.48. The Hall–Kier alpha value is -1.30. The lowest BCUT2D eigenvalue weighted by atomic mass is 10.2. The molecule has 0 spiro atoms. The third kappa shape index (κ3) is 2.11. The lowest BCUT2D eigenvalue weighted by molar-refractivity contribution is -0.137. The highest BCUT2D eigenvalue weighted by Gasteiger charge is 2.34. The summed E-state index contributed by atoms with van der Waals surface area (Å²) >= 11 is 3.17. The molecule has 2 aromatic heterocycles. The predicted molar refractivity (Wildman–Crippen MR) is 56.3 cm³/mol. The van der Waals surface area contributed by atoms with E-state index in [9.17, 15) is 13.2 Å². The second-order valence-electron chi connectivity index (χ2n) is 3.11. The van der Waals surface area contributed by atoms with E-state index in [-0.39, 0.29) is 5.82 Å². The minimum Gasteiger partial charge on any atom is -0.307 e. The zero-order chi connectivity index (χ0) is 11.8. The van der Waals surface area contributed by atoms with E-state index in [4.69, 9.17) is 0 Å². The molecular formula is C10H6BrF3N2. The highest BCUT2D eigenvalue weighted by Crippen LogP contribution is 2.32. The van der Waals surface area contributed by atoms with Gasteiger partial charge in [0.25, 0.3) is 0 Å². The summed E-state index contributed by atoms with van der Waals surface area (Å²) in [6.07, 6.45) is -0.0297. The van der Waals surface area contributed by atoms with E-state index in [0.717, 1.165) is 6.07 Å². The van der Waals surface area contributed by atoms with Crippen LogP contribution in [0.2, 0.25) is 0 Å². The van der Waals surface area contributed by atoms with E-state index >= 15 is 0 Å². The van der Waals surface area contributed by atoms with Gasteiger partial charge in [-0.3, -0.25) is 0 Å². The fourth-order valence-electron chi connectivity index (χ4n) is 1.33. The van der Waals surface area contributed by atoms with E-state index in [1.54, 1.807) is 6.07 Å². The minimum atomic E-state index is -4.40. The van der Waals surface area contributed by atoms with E-state index in [1.165, 1.54) is 29.2 Å². The standard InChI is InChI=1S/C10H6BrF3N2/c11-7-3-5-16(6-7)9-8(10(12,13)14)2-1-4-15-9/h1-6H. The van der Waals surface area contributed by atoms with Crippen LogP contribution in [0.5, 0.6) is 0 Å². The highest BCUT2D eigenvalue weighted by atomic mass is 79.9. The van der Waals surface area contributed by atoms with Crippen molar-refractivity contribution in [2.75, 3.05) is 0 Å². The highest BCUT2D eigenvalue weighted by molar-refractivity contribution is 9.10. The summed E-state index contributed by atoms with van der Waals surface area (Å²) in [6.45, 7) is 0. The lowest BCUT2D eigenvalue weighted by Crippen LogP contribution is -2.11. The van der Waals surface area contributed by atoms with Crippen LogP contribution in [0.3, 0.4) is 0 Å². The van der Waals surface area contributed by atoms with Crippen molar-refractivity contribution in [2.24, 2.45) is 0 Å². The lowest BCUT2D eigenvalue weighted by Gasteiger charge is -2.11. The van der Waals surface area contributed by atoms with Gasteiger partial charge in [-0.2, -0.15) is 13.2 Å². The Morgan fingerprint density at radius 1 is 1.25 bits per heavy atom. The number of nitrogens with zero attached hydrogens (tertiary/aromatic N) is 2. The molecule has 2 rings (SSSR count). The van der Waals surface area contributed by atoms with Crippen molar-refractivity contribution < 1.29 is 13.2 Å². The molecule has 2 heterocycles. The van der Waals surface area contributed by atoms with Crippen molar-refractivity contribution in [1.82, 2.24) is 9.55 Å². The zero-order valence-electron chi connectivity index (χ0n) is 7.87. The first kappa shape index (κ1) is 11.2. The van der Waals surface area contributed by atoms with Crippen molar-refractivity contribution in [3.8, 4) is 5.82 Å². The van der Waals surface area contributed by atoms with Crippen LogP contribution in [0.25, 0.3) is 5.82 Å². The van der Waals surface area contributed by atoms with Gasteiger partial charge >= 0.3 is 6.18 Å². The SMILES string of the molecule is FC(F)(F)c1cccnc1-n1ccc(Br)c1. The van der Waals surface area contributed by atoms with E-state index in [2.05, 4.69) is 20.9 Å². The van der Waals surface area contributed by atoms with E-state index < -0.39 is 11.7 Å². The fourth-order valence-corrected chi connectivity index (χ4v) is 1.66. The van der Waals surface area contributed by atoms with Crippen molar-refractivity contribution in [1.29, 1.82) is 0 Å². The molecule has 0 unspecified atom stereocenters. The largest absolute Gasteiger partial charge is 0.419 e. The quantitative estimate of drug-likeness (QED) is 0.784. The Bertz CT molecular complexity index is 505. The van der Waals surface area contributed by atoms with Crippen LogP contribution in [-0.2, 0) is 6.18 Å². The Balaban J connectivity index is 2.57. The van der Waals surface area contributed by atoms with Crippen molar-refractivity contribution in [2.45, 2.75) is 6.18 Å². The summed E-state index contributed by atoms with van der Waals surface area (Å²) in [5.41, 5.74) is -0.752. The molecule has 16 heavy (non-hydrogen) atoms. The number of halogens is 4. The molecule has 0 aliphatic heterocycles. The van der Waals surface area contributed by atoms with E-state index in [0.29, 0.717) is 4.47 Å². The summed E-state index contributed by atoms with van der Waals surface area (Å²) in [4.78, 5) is 3.75. The molecule has 0 N–H and O–H groups in total. The zero-order valence-corrected chi connectivity index (χ0v) is 9.46. The third-order valence-corrected chi connectivity index (χ3v) is 2.46. The summed E-state index contributed by atoms with van der Waals surface area (Å²) in [5.74, 6) is -0.124. The van der Waals surface area contributed by atoms with Crippen LogP contribution in [0.4, 0.5) is 13.2 Å². The second kappa shape index (κ2) is 3.93. The summed E-state index contributed by atoms with van der Waals surface area (Å²) < 4.78 is 40.1. The van der Waals surface area contributed by atoms with E-state index in [1.807, 2.05) is 0 Å². The summed E-state index contributed by atoms with van der Waals surface area (Å²) in [6, 6.07) is 3.93. The molecule has 0 bridgehead atoms. The molecule has 0 fully saturated rings. The number of hydrogen-bond donors (Lipinski definition) is 0. The second-order valence-corrected chi connectivity index (χ2v) is 4.02. The number of hydrogen-bond acceptors (Lipinski definition) is 1. The van der Waals surface area contributed by atoms with Crippen molar-refractivity contribution >= 4 is 15.9 Å². The fraction of sp³-hybridized carbons (Fsp3) is 0.100. The smallest absolute Gasteiger partial charge is 0.307 e. The molecule has 0 aliphatic rings. The maximum atomic E-state index is 12.7. The number of rotatable bonds is 1. The van der Waals surface area contributed by atoms with Gasteiger partial charge in [0.2, 0.25) is 0 Å². The minimum absolute atomic E-state index is 0.124. The molecular weight excluding hydrogens is 285 g/mol. The van der Waals surface area contributed by atoms with Crippen LogP contribution < -0.4 is 0 Å². The van der Waals surface area contributed by atoms with Gasteiger partial charge in [0.1, 0.15) is 5.82 Å². The Kier molecular flexibility index (Phi) is 2.75. The van der Waals surface area contributed by atoms with Crippen LogP contribution in [0, 0.1) is 0 Å². The van der Waals surface area contributed by atoms with Crippen molar-refractivity contribution in [3.63, 3.8) is 0 Å². The number of pyridine rings is 1. The maximum absolute atomic E-state index is 12.7. The van der Waals surface area contributed by atoms with Gasteiger partial charge in [-0.05, 0) is 34.1 Å². The topological polar surface area (TPSA) is 17.8 Å². The third-order valence-electron chi connectivity index (χ3n) is 1.99. The molecule has 0 aliphatic carbocycles. The van der Waals surface area contributed by atoms with Gasteiger partial charge in [0.05, 0.1) is 5.56 Å². The van der Waals surface area contributed by atoms with Gasteiger partial charge in [-0.1, -0.05) is 0 Å². The predicted octanol–water partition coefficient (Wildman–Crippen LogP) is 3.65. The van der Waals surface area contributed by atoms with Crippen molar-refractivity contribution in [3.05, 3.63) is 46.8 Å². The molecule has 0 saturated heterocycles. The average molecular weight is 291 g/mol. The molecule has 6 heteroatoms. The number of alkyl halides is 3. The molecule has 0 amide bonds. The molecule has 2 nitrogen and oxygen atoms in total. The van der Waals surface area contributed by atoms with Crippen LogP contribution in [-0.4, -0.2) is 9.55 Å². The van der Waals surface area contributed by atoms with Gasteiger partial charge < -0.3 is 4.57 Å². The average Bonchev–Trinajstić information content (AvgIpc) is 2.64. The molecule has 0 aromatic carbocycles. The van der Waals surface area contributed by atoms with Crippen LogP contribution in [0.15, 0.2) is 41.3 Å². The molecule has 0 atom stereocenters. The number of aromatic nitrogens is 2. The molecule has 0 radical (unpaired) electrons. The van der Waals surface area contributed by atoms with Gasteiger partial charge in [0, 0.05) is 23.1 Å². The molecule has 2 aromatic rings. The monoisotopic (exact) mass is 290 g/mol. The molecule has 84 valence electrons.